The molecule has 1 heterocycles. The molecule has 0 saturated carbocycles. The SMILES string of the molecule is Nc1nc(-c2ccc(OCc3ccccc3Cl)cc2O)c(-c2ccccc2)c(C(F)(F)F)n1. The number of phenolic OH excluding ortho intramolecular Hbond substituents is 1. The fraction of sp³-hybridized carbons (Fsp3) is 0.0833. The van der Waals surface area contributed by atoms with Crippen LogP contribution in [0.2, 0.25) is 5.02 Å². The molecule has 3 aromatic carbocycles. The third-order valence-corrected chi connectivity index (χ3v) is 5.20. The van der Waals surface area contributed by atoms with Crippen molar-refractivity contribution in [1.82, 2.24) is 9.97 Å². The molecule has 0 fully saturated rings. The van der Waals surface area contributed by atoms with Crippen molar-refractivity contribution in [3.63, 3.8) is 0 Å². The number of rotatable bonds is 5. The topological polar surface area (TPSA) is 81.3 Å². The van der Waals surface area contributed by atoms with Gasteiger partial charge in [-0.15, -0.1) is 0 Å². The van der Waals surface area contributed by atoms with Gasteiger partial charge < -0.3 is 15.6 Å². The van der Waals surface area contributed by atoms with E-state index in [1.165, 1.54) is 30.3 Å². The number of nitrogens with zero attached hydrogens (tertiary/aromatic N) is 2. The molecule has 4 aromatic rings. The second kappa shape index (κ2) is 8.99. The predicted octanol–water partition coefficient (Wildman–Crippen LogP) is 6.35. The molecule has 0 saturated heterocycles. The van der Waals surface area contributed by atoms with Crippen molar-refractivity contribution < 1.29 is 23.0 Å². The highest BCUT2D eigenvalue weighted by Crippen LogP contribution is 2.43. The Kier molecular flexibility index (Phi) is 6.11. The van der Waals surface area contributed by atoms with Crippen LogP contribution in [0.5, 0.6) is 11.5 Å². The van der Waals surface area contributed by atoms with Crippen LogP contribution in [0.3, 0.4) is 0 Å². The number of anilines is 1. The van der Waals surface area contributed by atoms with Crippen LogP contribution in [-0.4, -0.2) is 15.1 Å². The lowest BCUT2D eigenvalue weighted by Gasteiger charge is -2.17. The third-order valence-electron chi connectivity index (χ3n) is 4.83. The number of nitrogens with two attached hydrogens (primary N) is 1. The summed E-state index contributed by atoms with van der Waals surface area (Å²) in [6, 6.07) is 19.3. The Balaban J connectivity index is 1.77. The van der Waals surface area contributed by atoms with Crippen LogP contribution in [0.15, 0.2) is 72.8 Å². The molecule has 1 aromatic heterocycles. The molecule has 5 nitrogen and oxygen atoms in total. The molecule has 0 atom stereocenters. The molecule has 0 unspecified atom stereocenters. The summed E-state index contributed by atoms with van der Waals surface area (Å²) in [7, 11) is 0. The van der Waals surface area contributed by atoms with Crippen LogP contribution < -0.4 is 10.5 Å². The van der Waals surface area contributed by atoms with Gasteiger partial charge in [0, 0.05) is 27.8 Å². The van der Waals surface area contributed by atoms with E-state index in [1.807, 2.05) is 6.07 Å². The van der Waals surface area contributed by atoms with Crippen molar-refractivity contribution in [2.45, 2.75) is 12.8 Å². The van der Waals surface area contributed by atoms with Gasteiger partial charge in [0.2, 0.25) is 5.95 Å². The highest BCUT2D eigenvalue weighted by atomic mass is 35.5. The highest BCUT2D eigenvalue weighted by Gasteiger charge is 2.38. The molecule has 0 aliphatic rings. The van der Waals surface area contributed by atoms with Gasteiger partial charge in [-0.05, 0) is 23.8 Å². The number of alkyl halides is 3. The first-order valence-electron chi connectivity index (χ1n) is 9.74. The third kappa shape index (κ3) is 4.85. The predicted molar refractivity (Wildman–Crippen MR) is 120 cm³/mol. The molecule has 0 amide bonds. The summed E-state index contributed by atoms with van der Waals surface area (Å²) in [5.74, 6) is -0.582. The van der Waals surface area contributed by atoms with E-state index in [1.54, 1.807) is 36.4 Å². The zero-order valence-electron chi connectivity index (χ0n) is 17.0. The summed E-state index contributed by atoms with van der Waals surface area (Å²) >= 11 is 6.12. The summed E-state index contributed by atoms with van der Waals surface area (Å²) in [6.07, 6.45) is -4.79. The Morgan fingerprint density at radius 1 is 0.939 bits per heavy atom. The Morgan fingerprint density at radius 3 is 2.30 bits per heavy atom. The van der Waals surface area contributed by atoms with E-state index in [2.05, 4.69) is 9.97 Å². The normalized spacial score (nSPS) is 11.4. The van der Waals surface area contributed by atoms with Crippen LogP contribution in [0.4, 0.5) is 19.1 Å². The molecular weight excluding hydrogens is 455 g/mol. The van der Waals surface area contributed by atoms with Crippen LogP contribution >= 0.6 is 11.6 Å². The average molecular weight is 472 g/mol. The first-order chi connectivity index (χ1) is 15.7. The van der Waals surface area contributed by atoms with Gasteiger partial charge in [-0.2, -0.15) is 13.2 Å². The van der Waals surface area contributed by atoms with Crippen molar-refractivity contribution >= 4 is 17.5 Å². The van der Waals surface area contributed by atoms with Gasteiger partial charge in [-0.25, -0.2) is 9.97 Å². The number of aromatic hydroxyl groups is 1. The lowest BCUT2D eigenvalue weighted by atomic mass is 9.96. The van der Waals surface area contributed by atoms with Crippen molar-refractivity contribution in [3.8, 4) is 33.9 Å². The number of nitrogen functional groups attached to an aromatic ring is 1. The number of benzene rings is 3. The molecule has 4 rings (SSSR count). The van der Waals surface area contributed by atoms with E-state index < -0.39 is 17.8 Å². The van der Waals surface area contributed by atoms with Gasteiger partial charge in [0.25, 0.3) is 0 Å². The monoisotopic (exact) mass is 471 g/mol. The minimum atomic E-state index is -4.79. The second-order valence-corrected chi connectivity index (χ2v) is 7.48. The summed E-state index contributed by atoms with van der Waals surface area (Å²) in [5, 5.41) is 11.2. The Morgan fingerprint density at radius 2 is 1.64 bits per heavy atom. The van der Waals surface area contributed by atoms with E-state index in [4.69, 9.17) is 22.1 Å². The lowest BCUT2D eigenvalue weighted by Crippen LogP contribution is -2.14. The molecule has 33 heavy (non-hydrogen) atoms. The maximum atomic E-state index is 13.8. The van der Waals surface area contributed by atoms with Crippen molar-refractivity contribution in [2.75, 3.05) is 5.73 Å². The summed E-state index contributed by atoms with van der Waals surface area (Å²) in [4.78, 5) is 7.49. The summed E-state index contributed by atoms with van der Waals surface area (Å²) < 4.78 is 47.2. The van der Waals surface area contributed by atoms with Crippen LogP contribution in [0.1, 0.15) is 11.3 Å². The number of phenols is 1. The minimum Gasteiger partial charge on any atom is -0.507 e. The Bertz CT molecular complexity index is 1300. The van der Waals surface area contributed by atoms with Gasteiger partial charge in [0.15, 0.2) is 5.69 Å². The van der Waals surface area contributed by atoms with Crippen LogP contribution in [0, 0.1) is 0 Å². The first kappa shape index (κ1) is 22.4. The van der Waals surface area contributed by atoms with E-state index in [-0.39, 0.29) is 34.7 Å². The minimum absolute atomic E-state index is 0.0542. The number of halogens is 4. The zero-order valence-corrected chi connectivity index (χ0v) is 17.7. The van der Waals surface area contributed by atoms with E-state index in [0.29, 0.717) is 10.8 Å². The van der Waals surface area contributed by atoms with Gasteiger partial charge >= 0.3 is 6.18 Å². The van der Waals surface area contributed by atoms with E-state index in [9.17, 15) is 18.3 Å². The molecule has 0 aliphatic carbocycles. The largest absolute Gasteiger partial charge is 0.507 e. The first-order valence-corrected chi connectivity index (χ1v) is 10.1. The molecule has 3 N–H and O–H groups in total. The van der Waals surface area contributed by atoms with Gasteiger partial charge in [0.05, 0.1) is 5.69 Å². The van der Waals surface area contributed by atoms with E-state index >= 15 is 0 Å². The molecule has 168 valence electrons. The Hall–Kier alpha value is -3.78. The molecule has 0 bridgehead atoms. The summed E-state index contributed by atoms with van der Waals surface area (Å²) in [6.45, 7) is 0.145. The molecular formula is C24H17ClF3N3O2. The van der Waals surface area contributed by atoms with Crippen LogP contribution in [-0.2, 0) is 12.8 Å². The number of hydrogen-bond acceptors (Lipinski definition) is 5. The van der Waals surface area contributed by atoms with Gasteiger partial charge in [-0.3, -0.25) is 0 Å². The second-order valence-electron chi connectivity index (χ2n) is 7.08. The highest BCUT2D eigenvalue weighted by molar-refractivity contribution is 6.31. The quantitative estimate of drug-likeness (QED) is 0.354. The Labute approximate surface area is 192 Å². The van der Waals surface area contributed by atoms with E-state index in [0.717, 1.165) is 5.56 Å². The summed E-state index contributed by atoms with van der Waals surface area (Å²) in [5.41, 5.74) is 5.03. The lowest BCUT2D eigenvalue weighted by molar-refractivity contribution is -0.140. The standard InChI is InChI=1S/C24H17ClF3N3O2/c25-18-9-5-4-8-15(18)13-33-16-10-11-17(19(32)12-16)21-20(14-6-2-1-3-7-14)22(24(26,27)28)31-23(29)30-21/h1-12,32H,13H2,(H2,29,30,31). The molecule has 0 radical (unpaired) electrons. The zero-order chi connectivity index (χ0) is 23.6. The maximum absolute atomic E-state index is 13.8. The fourth-order valence-corrected chi connectivity index (χ4v) is 3.52. The molecule has 0 aliphatic heterocycles. The average Bonchev–Trinajstić information content (AvgIpc) is 2.78. The van der Waals surface area contributed by atoms with Gasteiger partial charge in [0.1, 0.15) is 18.1 Å². The van der Waals surface area contributed by atoms with Crippen molar-refractivity contribution in [2.24, 2.45) is 0 Å². The smallest absolute Gasteiger partial charge is 0.434 e. The maximum Gasteiger partial charge on any atom is 0.434 e. The fourth-order valence-electron chi connectivity index (χ4n) is 3.33. The number of hydrogen-bond donors (Lipinski definition) is 2. The van der Waals surface area contributed by atoms with Crippen LogP contribution in [0.25, 0.3) is 22.4 Å². The molecule has 9 heteroatoms. The van der Waals surface area contributed by atoms with Gasteiger partial charge in [-0.1, -0.05) is 60.1 Å². The molecule has 0 spiro atoms. The number of aromatic nitrogens is 2. The number of ether oxygens (including phenoxy) is 1. The van der Waals surface area contributed by atoms with Crippen molar-refractivity contribution in [3.05, 3.63) is 89.1 Å². The van der Waals surface area contributed by atoms with Crippen molar-refractivity contribution in [1.29, 1.82) is 0 Å².